The quantitative estimate of drug-likeness (QED) is 0.758. The van der Waals surface area contributed by atoms with Crippen LogP contribution in [0, 0.1) is 5.41 Å². The zero-order valence-corrected chi connectivity index (χ0v) is 11.4. The van der Waals surface area contributed by atoms with Gasteiger partial charge in [-0.15, -0.1) is 11.6 Å². The van der Waals surface area contributed by atoms with E-state index in [4.69, 9.17) is 11.6 Å². The molecule has 1 rings (SSSR count). The molecule has 2 atom stereocenters. The van der Waals surface area contributed by atoms with E-state index >= 15 is 0 Å². The van der Waals surface area contributed by atoms with E-state index in [-0.39, 0.29) is 22.8 Å². The highest BCUT2D eigenvalue weighted by Gasteiger charge is 2.37. The van der Waals surface area contributed by atoms with Crippen molar-refractivity contribution >= 4 is 27.3 Å². The van der Waals surface area contributed by atoms with Crippen LogP contribution < -0.4 is 5.32 Å². The summed E-state index contributed by atoms with van der Waals surface area (Å²) >= 11 is 5.88. The minimum Gasteiger partial charge on any atom is -0.351 e. The van der Waals surface area contributed by atoms with Crippen LogP contribution in [0.25, 0.3) is 0 Å². The van der Waals surface area contributed by atoms with Gasteiger partial charge in [0.1, 0.15) is 0 Å². The van der Waals surface area contributed by atoms with Crippen LogP contribution in [0.5, 0.6) is 0 Å². The van der Waals surface area contributed by atoms with E-state index in [0.29, 0.717) is 6.42 Å². The summed E-state index contributed by atoms with van der Waals surface area (Å²) in [7, 11) is -3.08. The maximum absolute atomic E-state index is 11.6. The molecule has 1 N–H and O–H groups in total. The summed E-state index contributed by atoms with van der Waals surface area (Å²) in [5, 5.41) is 2.19. The molecule has 0 aliphatic carbocycles. The minimum atomic E-state index is -3.08. The molecule has 1 fully saturated rings. The lowest BCUT2D eigenvalue weighted by Crippen LogP contribution is -2.41. The molecule has 0 aromatic carbocycles. The van der Waals surface area contributed by atoms with Crippen molar-refractivity contribution in [1.82, 2.24) is 5.32 Å². The molecule has 0 spiro atoms. The van der Waals surface area contributed by atoms with Crippen LogP contribution in [-0.4, -0.2) is 37.2 Å². The number of hydrogen-bond acceptors (Lipinski definition) is 3. The second kappa shape index (κ2) is 4.53. The predicted molar refractivity (Wildman–Crippen MR) is 64.3 cm³/mol. The van der Waals surface area contributed by atoms with Gasteiger partial charge in [0.25, 0.3) is 0 Å². The molecule has 1 heterocycles. The van der Waals surface area contributed by atoms with Gasteiger partial charge in [0.05, 0.1) is 22.9 Å². The average molecular weight is 268 g/mol. The second-order valence-electron chi connectivity index (χ2n) is 5.50. The molecule has 0 aromatic rings. The first-order chi connectivity index (χ1) is 7.09. The zero-order chi connectivity index (χ0) is 12.6. The van der Waals surface area contributed by atoms with Gasteiger partial charge in [0.2, 0.25) is 5.91 Å². The first-order valence-corrected chi connectivity index (χ1v) is 7.49. The Bertz CT molecular complexity index is 372. The molecule has 2 unspecified atom stereocenters. The van der Waals surface area contributed by atoms with Gasteiger partial charge in [-0.1, -0.05) is 20.8 Å². The summed E-state index contributed by atoms with van der Waals surface area (Å²) in [4.78, 5) is 11.6. The molecule has 94 valence electrons. The van der Waals surface area contributed by atoms with Gasteiger partial charge in [-0.3, -0.25) is 4.79 Å². The van der Waals surface area contributed by atoms with Crippen LogP contribution in [0.4, 0.5) is 0 Å². The Labute approximate surface area is 102 Å². The van der Waals surface area contributed by atoms with E-state index < -0.39 is 21.3 Å². The molecule has 16 heavy (non-hydrogen) atoms. The Balaban J connectivity index is 2.53. The van der Waals surface area contributed by atoms with Crippen molar-refractivity contribution in [2.45, 2.75) is 38.6 Å². The number of halogens is 1. The van der Waals surface area contributed by atoms with E-state index in [1.165, 1.54) is 0 Å². The standard InChI is InChI=1S/C10H18ClNO3S/c1-10(2,3)4-9(13)12-8-6-16(14,15)5-7(8)11/h7-8H,4-6H2,1-3H3,(H,12,13). The number of sulfone groups is 1. The SMILES string of the molecule is CC(C)(C)CC(=O)NC1CS(=O)(=O)CC1Cl. The van der Waals surface area contributed by atoms with E-state index in [2.05, 4.69) is 5.32 Å². The summed E-state index contributed by atoms with van der Waals surface area (Å²) in [6.07, 6.45) is 0.368. The summed E-state index contributed by atoms with van der Waals surface area (Å²) < 4.78 is 22.6. The van der Waals surface area contributed by atoms with Crippen molar-refractivity contribution in [2.75, 3.05) is 11.5 Å². The normalized spacial score (nSPS) is 29.0. The molecule has 1 saturated heterocycles. The Kier molecular flexibility index (Phi) is 3.90. The zero-order valence-electron chi connectivity index (χ0n) is 9.79. The van der Waals surface area contributed by atoms with Crippen molar-refractivity contribution in [3.63, 3.8) is 0 Å². The lowest BCUT2D eigenvalue weighted by atomic mass is 9.92. The molecule has 6 heteroatoms. The molecular weight excluding hydrogens is 250 g/mol. The van der Waals surface area contributed by atoms with Crippen molar-refractivity contribution < 1.29 is 13.2 Å². The highest BCUT2D eigenvalue weighted by molar-refractivity contribution is 7.91. The van der Waals surface area contributed by atoms with Gasteiger partial charge >= 0.3 is 0 Å². The van der Waals surface area contributed by atoms with Crippen molar-refractivity contribution in [3.8, 4) is 0 Å². The predicted octanol–water partition coefficient (Wildman–Crippen LogP) is 0.943. The number of carbonyl (C=O) groups is 1. The monoisotopic (exact) mass is 267 g/mol. The maximum Gasteiger partial charge on any atom is 0.220 e. The fraction of sp³-hybridized carbons (Fsp3) is 0.900. The lowest BCUT2D eigenvalue weighted by molar-refractivity contribution is -0.123. The molecule has 4 nitrogen and oxygen atoms in total. The summed E-state index contributed by atoms with van der Waals surface area (Å²) in [6.45, 7) is 5.86. The fourth-order valence-corrected chi connectivity index (χ4v) is 4.23. The average Bonchev–Trinajstić information content (AvgIpc) is 2.19. The molecule has 1 aliphatic rings. The highest BCUT2D eigenvalue weighted by atomic mass is 35.5. The van der Waals surface area contributed by atoms with Gasteiger partial charge in [0, 0.05) is 6.42 Å². The van der Waals surface area contributed by atoms with Crippen LogP contribution in [0.2, 0.25) is 0 Å². The molecular formula is C10H18ClNO3S. The van der Waals surface area contributed by atoms with Gasteiger partial charge < -0.3 is 5.32 Å². The van der Waals surface area contributed by atoms with Gasteiger partial charge in [-0.05, 0) is 5.41 Å². The smallest absolute Gasteiger partial charge is 0.220 e. The third-order valence-corrected chi connectivity index (χ3v) is 4.70. The number of alkyl halides is 1. The van der Waals surface area contributed by atoms with Crippen LogP contribution in [0.1, 0.15) is 27.2 Å². The summed E-state index contributed by atoms with van der Waals surface area (Å²) in [5.41, 5.74) is -0.108. The van der Waals surface area contributed by atoms with E-state index in [1.807, 2.05) is 20.8 Å². The Hall–Kier alpha value is -0.290. The minimum absolute atomic E-state index is 0.0446. The van der Waals surface area contributed by atoms with Gasteiger partial charge in [-0.25, -0.2) is 8.42 Å². The molecule has 1 aliphatic heterocycles. The lowest BCUT2D eigenvalue weighted by Gasteiger charge is -2.20. The van der Waals surface area contributed by atoms with E-state index in [0.717, 1.165) is 0 Å². The Morgan fingerprint density at radius 2 is 1.94 bits per heavy atom. The summed E-state index contributed by atoms with van der Waals surface area (Å²) in [6, 6.07) is -0.443. The molecule has 0 radical (unpaired) electrons. The van der Waals surface area contributed by atoms with Crippen LogP contribution in [-0.2, 0) is 14.6 Å². The number of rotatable bonds is 2. The van der Waals surface area contributed by atoms with Crippen LogP contribution in [0.15, 0.2) is 0 Å². The van der Waals surface area contributed by atoms with E-state index in [1.54, 1.807) is 0 Å². The first-order valence-electron chi connectivity index (χ1n) is 5.23. The van der Waals surface area contributed by atoms with Crippen LogP contribution in [0.3, 0.4) is 0 Å². The first kappa shape index (κ1) is 13.8. The maximum atomic E-state index is 11.6. The van der Waals surface area contributed by atoms with E-state index in [9.17, 15) is 13.2 Å². The number of carbonyl (C=O) groups excluding carboxylic acids is 1. The Morgan fingerprint density at radius 1 is 1.38 bits per heavy atom. The highest BCUT2D eigenvalue weighted by Crippen LogP contribution is 2.21. The molecule has 1 amide bonds. The number of amides is 1. The molecule has 0 saturated carbocycles. The fourth-order valence-electron chi connectivity index (χ4n) is 1.68. The van der Waals surface area contributed by atoms with Gasteiger partial charge in [-0.2, -0.15) is 0 Å². The topological polar surface area (TPSA) is 63.2 Å². The second-order valence-corrected chi connectivity index (χ2v) is 8.22. The van der Waals surface area contributed by atoms with Gasteiger partial charge in [0.15, 0.2) is 9.84 Å². The van der Waals surface area contributed by atoms with Crippen molar-refractivity contribution in [1.29, 1.82) is 0 Å². The summed E-state index contributed by atoms with van der Waals surface area (Å²) in [5.74, 6) is -0.230. The third-order valence-electron chi connectivity index (χ3n) is 2.32. The largest absolute Gasteiger partial charge is 0.351 e. The van der Waals surface area contributed by atoms with Crippen molar-refractivity contribution in [3.05, 3.63) is 0 Å². The Morgan fingerprint density at radius 3 is 2.31 bits per heavy atom. The van der Waals surface area contributed by atoms with Crippen LogP contribution >= 0.6 is 11.6 Å². The van der Waals surface area contributed by atoms with Crippen molar-refractivity contribution in [2.24, 2.45) is 5.41 Å². The molecule has 0 aromatic heterocycles. The third kappa shape index (κ3) is 4.29. The number of hydrogen-bond donors (Lipinski definition) is 1. The number of nitrogens with one attached hydrogen (secondary N) is 1. The molecule has 0 bridgehead atoms.